The van der Waals surface area contributed by atoms with Crippen LogP contribution >= 0.6 is 11.6 Å². The smallest absolute Gasteiger partial charge is 0.404 e. The Morgan fingerprint density at radius 1 is 1.69 bits per heavy atom. The standard InChI is InChI=1S/C8H16ClNO3/c1-2-3-4-7(6(11)5-9)13-8(10)12/h6-7,11H,2-5H2,1H3,(H2,10,12). The summed E-state index contributed by atoms with van der Waals surface area (Å²) in [5, 5.41) is 9.33. The Labute approximate surface area is 83.0 Å². The van der Waals surface area contributed by atoms with Crippen molar-refractivity contribution in [1.82, 2.24) is 0 Å². The van der Waals surface area contributed by atoms with Crippen LogP contribution in [0.2, 0.25) is 0 Å². The lowest BCUT2D eigenvalue weighted by molar-refractivity contribution is 0.0121. The largest absolute Gasteiger partial charge is 0.444 e. The Hall–Kier alpha value is -0.480. The van der Waals surface area contributed by atoms with Crippen molar-refractivity contribution in [1.29, 1.82) is 0 Å². The molecule has 0 saturated carbocycles. The maximum absolute atomic E-state index is 10.4. The molecule has 0 bridgehead atoms. The van der Waals surface area contributed by atoms with E-state index in [0.717, 1.165) is 12.8 Å². The molecule has 0 aliphatic rings. The van der Waals surface area contributed by atoms with Gasteiger partial charge in [0.25, 0.3) is 0 Å². The highest BCUT2D eigenvalue weighted by atomic mass is 35.5. The first-order valence-corrected chi connectivity index (χ1v) is 4.85. The zero-order chi connectivity index (χ0) is 10.3. The number of alkyl halides is 1. The molecule has 0 rings (SSSR count). The number of aliphatic hydroxyl groups excluding tert-OH is 1. The van der Waals surface area contributed by atoms with E-state index in [-0.39, 0.29) is 5.88 Å². The van der Waals surface area contributed by atoms with Crippen LogP contribution in [0.25, 0.3) is 0 Å². The second-order valence-corrected chi connectivity index (χ2v) is 3.15. The topological polar surface area (TPSA) is 72.5 Å². The summed E-state index contributed by atoms with van der Waals surface area (Å²) in [6.45, 7) is 2.01. The lowest BCUT2D eigenvalue weighted by atomic mass is 10.1. The minimum absolute atomic E-state index is 0.0433. The van der Waals surface area contributed by atoms with Gasteiger partial charge in [0, 0.05) is 0 Å². The van der Waals surface area contributed by atoms with Crippen LogP contribution in [-0.2, 0) is 4.74 Å². The molecule has 1 amide bonds. The quantitative estimate of drug-likeness (QED) is 0.647. The molecule has 0 fully saturated rings. The van der Waals surface area contributed by atoms with E-state index in [2.05, 4.69) is 0 Å². The highest BCUT2D eigenvalue weighted by Gasteiger charge is 2.20. The summed E-state index contributed by atoms with van der Waals surface area (Å²) in [4.78, 5) is 10.4. The number of aliphatic hydroxyl groups is 1. The normalized spacial score (nSPS) is 15.0. The molecule has 0 aliphatic heterocycles. The van der Waals surface area contributed by atoms with Gasteiger partial charge >= 0.3 is 6.09 Å². The molecule has 2 unspecified atom stereocenters. The van der Waals surface area contributed by atoms with Gasteiger partial charge in [-0.2, -0.15) is 0 Å². The summed E-state index contributed by atoms with van der Waals surface area (Å²) in [5.74, 6) is 0.0433. The second-order valence-electron chi connectivity index (χ2n) is 2.84. The fourth-order valence-electron chi connectivity index (χ4n) is 0.984. The first-order chi connectivity index (χ1) is 6.11. The fourth-order valence-corrected chi connectivity index (χ4v) is 1.18. The average Bonchev–Trinajstić information content (AvgIpc) is 2.10. The van der Waals surface area contributed by atoms with Gasteiger partial charge in [-0.05, 0) is 12.8 Å². The van der Waals surface area contributed by atoms with E-state index >= 15 is 0 Å². The first kappa shape index (κ1) is 12.5. The molecule has 13 heavy (non-hydrogen) atoms. The fraction of sp³-hybridized carbons (Fsp3) is 0.875. The van der Waals surface area contributed by atoms with Crippen molar-refractivity contribution in [3.63, 3.8) is 0 Å². The summed E-state index contributed by atoms with van der Waals surface area (Å²) in [6.07, 6.45) is 0.147. The molecule has 5 heteroatoms. The van der Waals surface area contributed by atoms with Crippen LogP contribution in [0.5, 0.6) is 0 Å². The third kappa shape index (κ3) is 5.71. The molecule has 0 heterocycles. The van der Waals surface area contributed by atoms with Crippen molar-refractivity contribution < 1.29 is 14.6 Å². The monoisotopic (exact) mass is 209 g/mol. The number of unbranched alkanes of at least 4 members (excludes halogenated alkanes) is 1. The number of primary amides is 1. The average molecular weight is 210 g/mol. The number of rotatable bonds is 6. The van der Waals surface area contributed by atoms with Crippen LogP contribution in [-0.4, -0.2) is 29.3 Å². The summed E-state index contributed by atoms with van der Waals surface area (Å²) in [6, 6.07) is 0. The Balaban J connectivity index is 3.94. The van der Waals surface area contributed by atoms with Crippen LogP contribution < -0.4 is 5.73 Å². The number of hydrogen-bond donors (Lipinski definition) is 2. The van der Waals surface area contributed by atoms with Crippen molar-refractivity contribution in [2.24, 2.45) is 5.73 Å². The number of amides is 1. The second kappa shape index (κ2) is 6.97. The maximum Gasteiger partial charge on any atom is 0.404 e. The van der Waals surface area contributed by atoms with Crippen LogP contribution in [0.3, 0.4) is 0 Å². The maximum atomic E-state index is 10.4. The number of halogens is 1. The molecule has 78 valence electrons. The first-order valence-electron chi connectivity index (χ1n) is 4.32. The molecule has 2 atom stereocenters. The van der Waals surface area contributed by atoms with Crippen molar-refractivity contribution in [3.05, 3.63) is 0 Å². The molecule has 0 spiro atoms. The highest BCUT2D eigenvalue weighted by Crippen LogP contribution is 2.10. The molecule has 0 aliphatic carbocycles. The van der Waals surface area contributed by atoms with Crippen LogP contribution in [0.4, 0.5) is 4.79 Å². The van der Waals surface area contributed by atoms with Gasteiger partial charge in [0.05, 0.1) is 5.88 Å². The minimum Gasteiger partial charge on any atom is -0.444 e. The van der Waals surface area contributed by atoms with Gasteiger partial charge in [0.1, 0.15) is 12.2 Å². The van der Waals surface area contributed by atoms with Crippen LogP contribution in [0.15, 0.2) is 0 Å². The number of carbonyl (C=O) groups excluding carboxylic acids is 1. The molecule has 4 nitrogen and oxygen atoms in total. The van der Waals surface area contributed by atoms with E-state index in [0.29, 0.717) is 6.42 Å². The summed E-state index contributed by atoms with van der Waals surface area (Å²) < 4.78 is 4.71. The van der Waals surface area contributed by atoms with E-state index in [1.165, 1.54) is 0 Å². The number of nitrogens with two attached hydrogens (primary N) is 1. The molecule has 0 saturated heterocycles. The molecule has 0 aromatic rings. The Kier molecular flexibility index (Phi) is 6.72. The Morgan fingerprint density at radius 2 is 2.31 bits per heavy atom. The molecule has 3 N–H and O–H groups in total. The van der Waals surface area contributed by atoms with Gasteiger partial charge in [-0.25, -0.2) is 4.79 Å². The number of ether oxygens (including phenoxy) is 1. The summed E-state index contributed by atoms with van der Waals surface area (Å²) in [5.41, 5.74) is 4.84. The zero-order valence-corrected chi connectivity index (χ0v) is 8.46. The highest BCUT2D eigenvalue weighted by molar-refractivity contribution is 6.18. The zero-order valence-electron chi connectivity index (χ0n) is 7.70. The summed E-state index contributed by atoms with van der Waals surface area (Å²) >= 11 is 5.43. The molecule has 0 radical (unpaired) electrons. The Bertz CT molecular complexity index is 154. The van der Waals surface area contributed by atoms with E-state index < -0.39 is 18.3 Å². The SMILES string of the molecule is CCCCC(OC(N)=O)C(O)CCl. The van der Waals surface area contributed by atoms with E-state index in [1.807, 2.05) is 6.92 Å². The lowest BCUT2D eigenvalue weighted by Gasteiger charge is -2.20. The van der Waals surface area contributed by atoms with Gasteiger partial charge in [-0.3, -0.25) is 0 Å². The molecular weight excluding hydrogens is 194 g/mol. The lowest BCUT2D eigenvalue weighted by Crippen LogP contribution is -2.34. The van der Waals surface area contributed by atoms with Gasteiger partial charge in [0.2, 0.25) is 0 Å². The van der Waals surface area contributed by atoms with Crippen molar-refractivity contribution in [3.8, 4) is 0 Å². The predicted octanol–water partition coefficient (Wildman–Crippen LogP) is 1.24. The predicted molar refractivity (Wildman–Crippen MR) is 50.7 cm³/mol. The molecule has 0 aromatic heterocycles. The number of hydrogen-bond acceptors (Lipinski definition) is 3. The number of carbonyl (C=O) groups is 1. The van der Waals surface area contributed by atoms with E-state index in [1.54, 1.807) is 0 Å². The van der Waals surface area contributed by atoms with Gasteiger partial charge < -0.3 is 15.6 Å². The summed E-state index contributed by atoms with van der Waals surface area (Å²) in [7, 11) is 0. The van der Waals surface area contributed by atoms with E-state index in [9.17, 15) is 9.90 Å². The third-order valence-corrected chi connectivity index (χ3v) is 2.01. The van der Waals surface area contributed by atoms with Gasteiger partial charge in [-0.1, -0.05) is 13.3 Å². The van der Waals surface area contributed by atoms with Crippen molar-refractivity contribution in [2.45, 2.75) is 38.4 Å². The minimum atomic E-state index is -0.870. The van der Waals surface area contributed by atoms with Gasteiger partial charge in [0.15, 0.2) is 0 Å². The Morgan fingerprint density at radius 3 is 2.69 bits per heavy atom. The van der Waals surface area contributed by atoms with Crippen molar-refractivity contribution >= 4 is 17.7 Å². The third-order valence-electron chi connectivity index (χ3n) is 1.70. The molecular formula is C8H16ClNO3. The molecule has 0 aromatic carbocycles. The van der Waals surface area contributed by atoms with E-state index in [4.69, 9.17) is 22.1 Å². The van der Waals surface area contributed by atoms with Crippen LogP contribution in [0, 0.1) is 0 Å². The van der Waals surface area contributed by atoms with Crippen molar-refractivity contribution in [2.75, 3.05) is 5.88 Å². The van der Waals surface area contributed by atoms with Crippen LogP contribution in [0.1, 0.15) is 26.2 Å². The van der Waals surface area contributed by atoms with Gasteiger partial charge in [-0.15, -0.1) is 11.6 Å².